The molecule has 0 radical (unpaired) electrons. The number of benzene rings is 1. The highest BCUT2D eigenvalue weighted by Crippen LogP contribution is 2.46. The fourth-order valence-electron chi connectivity index (χ4n) is 2.47. The van der Waals surface area contributed by atoms with Crippen molar-refractivity contribution in [3.63, 3.8) is 0 Å². The lowest BCUT2D eigenvalue weighted by atomic mass is 9.61. The van der Waals surface area contributed by atoms with E-state index >= 15 is 0 Å². The number of nitrogens with zero attached hydrogens (tertiary/aromatic N) is 1. The van der Waals surface area contributed by atoms with Gasteiger partial charge in [0.05, 0.1) is 0 Å². The van der Waals surface area contributed by atoms with Gasteiger partial charge in [0.1, 0.15) is 6.10 Å². The smallest absolute Gasteiger partial charge is 0.230 e. The first kappa shape index (κ1) is 12.3. The molecule has 1 fully saturated rings. The zero-order chi connectivity index (χ0) is 12.5. The minimum atomic E-state index is -0.924. The van der Waals surface area contributed by atoms with Crippen LogP contribution >= 0.6 is 11.6 Å². The van der Waals surface area contributed by atoms with E-state index in [2.05, 4.69) is 0 Å². The Morgan fingerprint density at radius 3 is 2.41 bits per heavy atom. The molecule has 0 amide bonds. The summed E-state index contributed by atoms with van der Waals surface area (Å²) in [4.78, 5) is 10.0. The quantitative estimate of drug-likeness (QED) is 0.664. The Bertz CT molecular complexity index is 414. The zero-order valence-electron chi connectivity index (χ0n) is 9.30. The van der Waals surface area contributed by atoms with Gasteiger partial charge in [0.25, 0.3) is 0 Å². The van der Waals surface area contributed by atoms with E-state index in [9.17, 15) is 15.2 Å². The van der Waals surface area contributed by atoms with Crippen LogP contribution in [0.4, 0.5) is 0 Å². The van der Waals surface area contributed by atoms with Crippen LogP contribution in [0.3, 0.4) is 0 Å². The highest BCUT2D eigenvalue weighted by Gasteiger charge is 2.46. The molecule has 2 rings (SSSR count). The third-order valence-corrected chi connectivity index (χ3v) is 3.88. The van der Waals surface area contributed by atoms with Crippen molar-refractivity contribution in [3.05, 3.63) is 45.0 Å². The van der Waals surface area contributed by atoms with Crippen LogP contribution in [-0.2, 0) is 5.41 Å². The SMILES string of the molecule is O=[N+]([O-])C[C@@H](O)C1(c2ccc(Cl)cc2)CCC1. The number of hydrogen-bond acceptors (Lipinski definition) is 3. The van der Waals surface area contributed by atoms with Gasteiger partial charge in [-0.2, -0.15) is 0 Å². The molecule has 0 bridgehead atoms. The van der Waals surface area contributed by atoms with Crippen LogP contribution in [0.5, 0.6) is 0 Å². The second kappa shape index (κ2) is 4.63. The molecule has 17 heavy (non-hydrogen) atoms. The fraction of sp³-hybridized carbons (Fsp3) is 0.500. The van der Waals surface area contributed by atoms with Gasteiger partial charge in [-0.05, 0) is 30.5 Å². The lowest BCUT2D eigenvalue weighted by Gasteiger charge is -2.44. The molecule has 0 aliphatic heterocycles. The summed E-state index contributed by atoms with van der Waals surface area (Å²) in [5.74, 6) is 0. The van der Waals surface area contributed by atoms with E-state index in [-0.39, 0.29) is 0 Å². The lowest BCUT2D eigenvalue weighted by Crippen LogP contribution is -2.48. The highest BCUT2D eigenvalue weighted by atomic mass is 35.5. The maximum atomic E-state index is 10.5. The number of hydrogen-bond donors (Lipinski definition) is 1. The molecular weight excluding hydrogens is 242 g/mol. The Labute approximate surface area is 104 Å². The Hall–Kier alpha value is -1.13. The van der Waals surface area contributed by atoms with Crippen LogP contribution in [0.2, 0.25) is 5.02 Å². The normalized spacial score (nSPS) is 19.4. The van der Waals surface area contributed by atoms with Gasteiger partial charge in [0.2, 0.25) is 6.54 Å². The van der Waals surface area contributed by atoms with Crippen LogP contribution in [0, 0.1) is 10.1 Å². The average molecular weight is 256 g/mol. The molecule has 1 aliphatic carbocycles. The molecule has 4 nitrogen and oxygen atoms in total. The predicted octanol–water partition coefficient (Wildman–Crippen LogP) is 2.40. The van der Waals surface area contributed by atoms with Gasteiger partial charge in [-0.3, -0.25) is 10.1 Å². The van der Waals surface area contributed by atoms with E-state index in [1.165, 1.54) is 0 Å². The molecule has 1 aromatic rings. The fourth-order valence-corrected chi connectivity index (χ4v) is 2.60. The molecule has 92 valence electrons. The maximum absolute atomic E-state index is 10.5. The van der Waals surface area contributed by atoms with E-state index in [0.29, 0.717) is 5.02 Å². The second-order valence-corrected chi connectivity index (χ2v) is 4.98. The number of nitro groups is 1. The van der Waals surface area contributed by atoms with Crippen LogP contribution in [0.15, 0.2) is 24.3 Å². The molecule has 0 unspecified atom stereocenters. The van der Waals surface area contributed by atoms with Crippen molar-refractivity contribution in [1.29, 1.82) is 0 Å². The second-order valence-electron chi connectivity index (χ2n) is 4.55. The molecule has 1 aromatic carbocycles. The zero-order valence-corrected chi connectivity index (χ0v) is 10.1. The molecule has 1 saturated carbocycles. The minimum absolute atomic E-state index is 0.400. The summed E-state index contributed by atoms with van der Waals surface area (Å²) in [5.41, 5.74) is 0.500. The molecular formula is C12H14ClNO3. The van der Waals surface area contributed by atoms with Crippen LogP contribution < -0.4 is 0 Å². The number of halogens is 1. The van der Waals surface area contributed by atoms with Crippen LogP contribution in [0.1, 0.15) is 24.8 Å². The van der Waals surface area contributed by atoms with Crippen molar-refractivity contribution in [1.82, 2.24) is 0 Å². The monoisotopic (exact) mass is 255 g/mol. The topological polar surface area (TPSA) is 63.4 Å². The minimum Gasteiger partial charge on any atom is -0.385 e. The Balaban J connectivity index is 2.24. The number of aliphatic hydroxyl groups excluding tert-OH is 1. The number of rotatable bonds is 4. The van der Waals surface area contributed by atoms with Crippen LogP contribution in [-0.4, -0.2) is 22.7 Å². The summed E-state index contributed by atoms with van der Waals surface area (Å²) in [6.07, 6.45) is 1.66. The summed E-state index contributed by atoms with van der Waals surface area (Å²) in [5, 5.41) is 21.2. The summed E-state index contributed by atoms with van der Waals surface area (Å²) < 4.78 is 0. The molecule has 1 atom stereocenters. The van der Waals surface area contributed by atoms with Crippen molar-refractivity contribution in [2.75, 3.05) is 6.54 Å². The molecule has 0 spiro atoms. The van der Waals surface area contributed by atoms with Gasteiger partial charge in [-0.25, -0.2) is 0 Å². The standard InChI is InChI=1S/C12H14ClNO3/c13-10-4-2-9(3-5-10)12(6-1-7-12)11(15)8-14(16)17/h2-5,11,15H,1,6-8H2/t11-/m1/s1. The maximum Gasteiger partial charge on any atom is 0.230 e. The average Bonchev–Trinajstić information content (AvgIpc) is 2.18. The summed E-state index contributed by atoms with van der Waals surface area (Å²) in [6.45, 7) is -0.400. The van der Waals surface area contributed by atoms with Gasteiger partial charge in [0.15, 0.2) is 0 Å². The third kappa shape index (κ3) is 2.28. The Morgan fingerprint density at radius 2 is 2.00 bits per heavy atom. The lowest BCUT2D eigenvalue weighted by molar-refractivity contribution is -0.493. The summed E-state index contributed by atoms with van der Waals surface area (Å²) in [6, 6.07) is 7.22. The first-order chi connectivity index (χ1) is 8.04. The summed E-state index contributed by atoms with van der Waals surface area (Å²) >= 11 is 5.82. The van der Waals surface area contributed by atoms with E-state index in [1.54, 1.807) is 12.1 Å². The first-order valence-corrected chi connectivity index (χ1v) is 5.98. The molecule has 0 saturated heterocycles. The van der Waals surface area contributed by atoms with Gasteiger partial charge in [-0.1, -0.05) is 30.2 Å². The van der Waals surface area contributed by atoms with E-state index in [1.807, 2.05) is 12.1 Å². The molecule has 5 heteroatoms. The predicted molar refractivity (Wildman–Crippen MR) is 64.8 cm³/mol. The van der Waals surface area contributed by atoms with Gasteiger partial charge < -0.3 is 5.11 Å². The molecule has 0 aromatic heterocycles. The van der Waals surface area contributed by atoms with Gasteiger partial charge >= 0.3 is 0 Å². The van der Waals surface area contributed by atoms with Gasteiger partial charge in [0, 0.05) is 15.4 Å². The van der Waals surface area contributed by atoms with Gasteiger partial charge in [-0.15, -0.1) is 0 Å². The van der Waals surface area contributed by atoms with E-state index in [0.717, 1.165) is 24.8 Å². The third-order valence-electron chi connectivity index (χ3n) is 3.62. The van der Waals surface area contributed by atoms with Crippen molar-refractivity contribution >= 4 is 11.6 Å². The summed E-state index contributed by atoms with van der Waals surface area (Å²) in [7, 11) is 0. The van der Waals surface area contributed by atoms with Crippen molar-refractivity contribution in [2.24, 2.45) is 0 Å². The Kier molecular flexibility index (Phi) is 3.35. The molecule has 0 heterocycles. The number of aliphatic hydroxyl groups is 1. The van der Waals surface area contributed by atoms with Crippen molar-refractivity contribution in [3.8, 4) is 0 Å². The largest absolute Gasteiger partial charge is 0.385 e. The Morgan fingerprint density at radius 1 is 1.41 bits per heavy atom. The van der Waals surface area contributed by atoms with Crippen molar-refractivity contribution < 1.29 is 10.0 Å². The van der Waals surface area contributed by atoms with E-state index < -0.39 is 23.0 Å². The van der Waals surface area contributed by atoms with Crippen LogP contribution in [0.25, 0.3) is 0 Å². The van der Waals surface area contributed by atoms with Crippen molar-refractivity contribution in [2.45, 2.75) is 30.8 Å². The molecule has 1 N–H and O–H groups in total. The molecule has 1 aliphatic rings. The highest BCUT2D eigenvalue weighted by molar-refractivity contribution is 6.30. The van der Waals surface area contributed by atoms with E-state index in [4.69, 9.17) is 11.6 Å². The first-order valence-electron chi connectivity index (χ1n) is 5.60.